The van der Waals surface area contributed by atoms with Gasteiger partial charge in [-0.1, -0.05) is 23.5 Å². The lowest BCUT2D eigenvalue weighted by molar-refractivity contribution is -0.110. The Morgan fingerprint density at radius 1 is 0.509 bits per heavy atom. The number of aliphatic hydroxyl groups is 4. The van der Waals surface area contributed by atoms with Crippen molar-refractivity contribution < 1.29 is 80.9 Å². The number of thioether (sulfide) groups is 10. The molecule has 55 heavy (non-hydrogen) atoms. The summed E-state index contributed by atoms with van der Waals surface area (Å²) in [6, 6.07) is 0. The maximum absolute atomic E-state index is 9.56. The summed E-state index contributed by atoms with van der Waals surface area (Å²) < 4.78 is 0. The van der Waals surface area contributed by atoms with Crippen LogP contribution in [0.15, 0.2) is 0 Å². The van der Waals surface area contributed by atoms with Crippen LogP contribution in [0.5, 0.6) is 0 Å². The molecule has 0 aromatic rings. The molecule has 0 aliphatic heterocycles. The number of hydrogen-bond donors (Lipinski definition) is 14. The van der Waals surface area contributed by atoms with Crippen molar-refractivity contribution >= 4 is 168 Å². The molecule has 4 unspecified atom stereocenters. The summed E-state index contributed by atoms with van der Waals surface area (Å²) in [5.74, 6) is 11.0. The van der Waals surface area contributed by atoms with Crippen LogP contribution >= 0.6 is 142 Å². The molecule has 4 atom stereocenters. The Kier molecular flexibility index (Phi) is 76.6. The van der Waals surface area contributed by atoms with E-state index in [1.54, 1.807) is 0 Å². The molecule has 0 aromatic carbocycles. The average Bonchev–Trinajstić information content (AvgIpc) is 3.02. The zero-order chi connectivity index (χ0) is 38.6. The number of rotatable bonds is 28. The third-order valence-corrected chi connectivity index (χ3v) is 16.4. The number of aliphatic hydroxyl groups excluding tert-OH is 4. The first kappa shape index (κ1) is 74.8. The van der Waals surface area contributed by atoms with E-state index in [1.807, 2.05) is 35.3 Å². The monoisotopic (exact) mass is 1090 g/mol. The number of halogens is 5. The van der Waals surface area contributed by atoms with Crippen LogP contribution in [-0.4, -0.2) is 163 Å². The molecule has 0 rings (SSSR count). The first-order valence-electron chi connectivity index (χ1n) is 14.8. The van der Waals surface area contributed by atoms with Crippen molar-refractivity contribution in [3.05, 3.63) is 0 Å². The Labute approximate surface area is 406 Å². The number of nitrogens with one attached hydrogen (secondary N) is 2. The predicted molar refractivity (Wildman–Crippen MR) is 252 cm³/mol. The number of thiocarbonyl (C=S) groups is 1. The van der Waals surface area contributed by atoms with Crippen molar-refractivity contribution in [1.82, 2.24) is 0 Å². The van der Waals surface area contributed by atoms with Gasteiger partial charge in [0, 0.05) is 91.0 Å². The van der Waals surface area contributed by atoms with E-state index in [0.29, 0.717) is 55.4 Å². The molecule has 0 fully saturated rings. The summed E-state index contributed by atoms with van der Waals surface area (Å²) in [6.07, 6.45) is -0.761. The molecule has 0 aliphatic rings. The molecule has 22 N–H and O–H groups in total. The summed E-state index contributed by atoms with van der Waals surface area (Å²) in [4.78, 5) is 0. The van der Waals surface area contributed by atoms with Gasteiger partial charge in [-0.2, -0.15) is 70.6 Å². The highest BCUT2D eigenvalue weighted by Crippen LogP contribution is 2.26. The van der Waals surface area contributed by atoms with Crippen LogP contribution in [-0.2, 0) is 0 Å². The molecule has 0 bridgehead atoms. The fraction of sp³-hybridized carbons (Fsp3) is 0.800. The number of nitrogens with two attached hydrogens (primary N) is 8. The lowest BCUT2D eigenvalue weighted by Gasteiger charge is -2.19. The van der Waals surface area contributed by atoms with Gasteiger partial charge in [-0.25, -0.2) is 0 Å². The van der Waals surface area contributed by atoms with Gasteiger partial charge in [0.05, 0.1) is 25.4 Å². The fourth-order valence-corrected chi connectivity index (χ4v) is 12.6. The largest absolute Gasteiger partial charge is 1.00 e. The van der Waals surface area contributed by atoms with Crippen LogP contribution in [0.4, 0.5) is 0 Å². The zero-order valence-electron chi connectivity index (χ0n) is 29.9. The van der Waals surface area contributed by atoms with E-state index < -0.39 is 0 Å². The van der Waals surface area contributed by atoms with E-state index >= 15 is 0 Å². The van der Waals surface area contributed by atoms with Crippen molar-refractivity contribution in [2.75, 3.05) is 93.8 Å². The Hall–Kier alpha value is 2.36. The predicted octanol–water partition coefficient (Wildman–Crippen LogP) is -13.7. The molecule has 0 heterocycles. The molecule has 30 heteroatoms. The maximum atomic E-state index is 9.56. The molecule has 14 nitrogen and oxygen atoms in total. The highest BCUT2D eigenvalue weighted by atomic mass is 35.5. The Morgan fingerprint density at radius 2 is 0.800 bits per heavy atom. The van der Waals surface area contributed by atoms with Gasteiger partial charge in [-0.3, -0.25) is 33.1 Å². The van der Waals surface area contributed by atoms with E-state index in [2.05, 4.69) is 23.7 Å². The Morgan fingerprint density at radius 3 is 1.07 bits per heavy atom. The lowest BCUT2D eigenvalue weighted by Crippen LogP contribution is -3.00. The molecule has 0 spiro atoms. The Balaban J connectivity index is -0.000000122. The van der Waals surface area contributed by atoms with Gasteiger partial charge in [0.1, 0.15) is 0 Å². The second-order valence-corrected chi connectivity index (χ2v) is 21.4. The van der Waals surface area contributed by atoms with Crippen molar-refractivity contribution in [2.45, 2.75) is 22.7 Å². The van der Waals surface area contributed by atoms with Gasteiger partial charge in [-0.05, 0) is 35.7 Å². The van der Waals surface area contributed by atoms with Gasteiger partial charge < -0.3 is 93.0 Å². The van der Waals surface area contributed by atoms with Gasteiger partial charge in [0.25, 0.3) is 10.3 Å². The Bertz CT molecular complexity index is 855. The summed E-state index contributed by atoms with van der Waals surface area (Å²) >= 11 is 20.0. The SMILES string of the molecule is Cl.N=C(N)SCC(CSCC(CSC(=N)N)SCCSC(N)=[NH2+])SCCSC(N)=[NH2+].NC(N)=S.OCCSCC(O)CSCC(O)CSCCO.[Cl-].[Cl-].[Cl-].[Cl-]. The second-order valence-electron chi connectivity index (χ2n) is 9.22. The van der Waals surface area contributed by atoms with Gasteiger partial charge in [0.15, 0.2) is 15.4 Å². The van der Waals surface area contributed by atoms with Crippen LogP contribution < -0.4 is 94.8 Å². The van der Waals surface area contributed by atoms with Crippen LogP contribution in [0.25, 0.3) is 0 Å². The number of amidine groups is 4. The molecule has 0 saturated carbocycles. The minimum Gasteiger partial charge on any atom is -1.00 e. The molecule has 0 amide bonds. The van der Waals surface area contributed by atoms with Gasteiger partial charge in [-0.15, -0.1) is 12.4 Å². The second kappa shape index (κ2) is 56.4. The highest BCUT2D eigenvalue weighted by Gasteiger charge is 2.16. The summed E-state index contributed by atoms with van der Waals surface area (Å²) in [5.41, 5.74) is 31.2. The van der Waals surface area contributed by atoms with E-state index in [1.165, 1.54) is 82.3 Å². The topological polar surface area (TPSA) is 336 Å². The van der Waals surface area contributed by atoms with Crippen LogP contribution in [0, 0.1) is 10.8 Å². The van der Waals surface area contributed by atoms with Crippen LogP contribution in [0.2, 0.25) is 0 Å². The normalized spacial score (nSPS) is 11.9. The van der Waals surface area contributed by atoms with E-state index in [9.17, 15) is 10.2 Å². The summed E-state index contributed by atoms with van der Waals surface area (Å²) in [7, 11) is 0. The summed E-state index contributed by atoms with van der Waals surface area (Å²) in [6.45, 7) is 0.288. The summed E-state index contributed by atoms with van der Waals surface area (Å²) in [5, 5.41) is 64.0. The van der Waals surface area contributed by atoms with E-state index in [4.69, 9.17) is 54.8 Å². The average molecular weight is 1090 g/mol. The zero-order valence-corrected chi connectivity index (χ0v) is 42.8. The minimum absolute atomic E-state index is 0. The maximum Gasteiger partial charge on any atom is 0.299 e. The molecular weight excluding hydrogens is 1030 g/mol. The smallest absolute Gasteiger partial charge is 0.299 e. The highest BCUT2D eigenvalue weighted by molar-refractivity contribution is 8.16. The first-order chi connectivity index (χ1) is 23.6. The third-order valence-electron chi connectivity index (χ3n) is 4.58. The van der Waals surface area contributed by atoms with Crippen molar-refractivity contribution in [3.8, 4) is 0 Å². The third kappa shape index (κ3) is 71.2. The molecule has 0 radical (unpaired) electrons. The standard InChI is InChI=1S/C14H30N8S7.C10H22O4S3.CH4N2S.5ClH/c15-11(16)26-3-1-24-9(7-28-13(19)20)5-23-6-10(8-29-14(21)22)25-2-4-27-12(17)18;11-1-3-15-5-9(13)7-17-8-10(14)6-16-4-2-12;2-1(3)4;;;;;/h9-10H,1-8H2,(H3,15,16)(H3,17,18)(H3,19,20)(H3,21,22);9-14H,1-8H2;(H4,2,3,4);5*1H/p-2. The van der Waals surface area contributed by atoms with Gasteiger partial charge in [0.2, 0.25) is 0 Å². The van der Waals surface area contributed by atoms with Gasteiger partial charge >= 0.3 is 0 Å². The van der Waals surface area contributed by atoms with Crippen LogP contribution in [0.3, 0.4) is 0 Å². The van der Waals surface area contributed by atoms with E-state index in [-0.39, 0.29) is 103 Å². The molecule has 0 saturated heterocycles. The lowest BCUT2D eigenvalue weighted by atomic mass is 10.5. The minimum atomic E-state index is -0.381. The molecule has 336 valence electrons. The van der Waals surface area contributed by atoms with Crippen LogP contribution in [0.1, 0.15) is 0 Å². The molecule has 0 aromatic heterocycles. The van der Waals surface area contributed by atoms with E-state index in [0.717, 1.165) is 46.0 Å². The quantitative estimate of drug-likeness (QED) is 0.0150. The molecule has 0 aliphatic carbocycles. The first-order valence-corrected chi connectivity index (χ1v) is 25.8. The van der Waals surface area contributed by atoms with Crippen molar-refractivity contribution in [2.24, 2.45) is 34.4 Å². The number of hydrogen-bond acceptors (Lipinski definition) is 17. The fourth-order valence-electron chi connectivity index (χ4n) is 2.74. The van der Waals surface area contributed by atoms with Crippen molar-refractivity contribution in [1.29, 1.82) is 10.8 Å². The van der Waals surface area contributed by atoms with Crippen molar-refractivity contribution in [3.63, 3.8) is 0 Å². The molecular formula is C25H59Cl5N10O4S11-2.